The van der Waals surface area contributed by atoms with Crippen molar-refractivity contribution in [1.29, 1.82) is 0 Å². The smallest absolute Gasteiger partial charge is 0.475 e. The number of amides is 1. The van der Waals surface area contributed by atoms with E-state index in [0.717, 1.165) is 25.9 Å². The molecular weight excluding hydrogens is 317 g/mol. The van der Waals surface area contributed by atoms with E-state index < -0.39 is 12.1 Å². The predicted octanol–water partition coefficient (Wildman–Crippen LogP) is 1.26. The Labute approximate surface area is 133 Å². The van der Waals surface area contributed by atoms with Crippen molar-refractivity contribution >= 4 is 11.9 Å². The van der Waals surface area contributed by atoms with Gasteiger partial charge in [-0.2, -0.15) is 13.2 Å². The molecule has 0 aromatic carbocycles. The first-order chi connectivity index (χ1) is 10.6. The van der Waals surface area contributed by atoms with E-state index in [4.69, 9.17) is 14.6 Å². The second-order valence-corrected chi connectivity index (χ2v) is 5.86. The quantitative estimate of drug-likeness (QED) is 0.791. The number of rotatable bonds is 2. The molecule has 1 amide bonds. The Bertz CT molecular complexity index is 409. The van der Waals surface area contributed by atoms with Crippen LogP contribution < -0.4 is 5.32 Å². The summed E-state index contributed by atoms with van der Waals surface area (Å²) < 4.78 is 37.6. The van der Waals surface area contributed by atoms with Crippen molar-refractivity contribution in [1.82, 2.24) is 10.2 Å². The number of hydrogen-bond acceptors (Lipinski definition) is 4. The molecule has 0 saturated carbocycles. The van der Waals surface area contributed by atoms with Crippen LogP contribution in [-0.2, 0) is 14.3 Å². The zero-order valence-electron chi connectivity index (χ0n) is 13.2. The molecule has 2 fully saturated rings. The monoisotopic (exact) mass is 340 g/mol. The summed E-state index contributed by atoms with van der Waals surface area (Å²) in [6.45, 7) is 2.19. The van der Waals surface area contributed by atoms with E-state index in [1.54, 1.807) is 19.0 Å². The van der Waals surface area contributed by atoms with Gasteiger partial charge in [-0.15, -0.1) is 0 Å². The summed E-state index contributed by atoms with van der Waals surface area (Å²) >= 11 is 0. The molecule has 134 valence electrons. The zero-order chi connectivity index (χ0) is 17.6. The number of carboxylic acids is 1. The molecule has 0 aliphatic carbocycles. The van der Waals surface area contributed by atoms with E-state index in [2.05, 4.69) is 5.32 Å². The number of ether oxygens (including phenoxy) is 1. The van der Waals surface area contributed by atoms with Crippen LogP contribution >= 0.6 is 0 Å². The fourth-order valence-electron chi connectivity index (χ4n) is 2.70. The molecule has 9 heteroatoms. The maximum atomic E-state index is 11.8. The second kappa shape index (κ2) is 8.49. The minimum atomic E-state index is -5.08. The molecule has 2 heterocycles. The Hall–Kier alpha value is -1.35. The molecule has 2 aliphatic rings. The number of piperidine rings is 1. The molecule has 6 nitrogen and oxygen atoms in total. The van der Waals surface area contributed by atoms with Gasteiger partial charge in [0.1, 0.15) is 6.10 Å². The predicted molar refractivity (Wildman–Crippen MR) is 75.9 cm³/mol. The van der Waals surface area contributed by atoms with Crippen molar-refractivity contribution in [2.45, 2.75) is 44.1 Å². The molecule has 0 unspecified atom stereocenters. The number of carboxylic acid groups (broad SMARTS) is 1. The Balaban J connectivity index is 0.000000322. The lowest BCUT2D eigenvalue weighted by Crippen LogP contribution is -2.37. The van der Waals surface area contributed by atoms with Crippen LogP contribution in [0.3, 0.4) is 0 Å². The van der Waals surface area contributed by atoms with Gasteiger partial charge in [-0.1, -0.05) is 0 Å². The number of hydrogen-bond donors (Lipinski definition) is 2. The molecule has 0 spiro atoms. The van der Waals surface area contributed by atoms with Gasteiger partial charge in [0.05, 0.1) is 6.10 Å². The number of carbonyl (C=O) groups excluding carboxylic acids is 1. The fourth-order valence-corrected chi connectivity index (χ4v) is 2.70. The number of nitrogens with zero attached hydrogens (tertiary/aromatic N) is 1. The first kappa shape index (κ1) is 19.7. The van der Waals surface area contributed by atoms with Gasteiger partial charge in [-0.05, 0) is 44.7 Å². The average molecular weight is 340 g/mol. The zero-order valence-corrected chi connectivity index (χ0v) is 13.2. The Morgan fingerprint density at radius 1 is 1.13 bits per heavy atom. The summed E-state index contributed by atoms with van der Waals surface area (Å²) in [5.41, 5.74) is 0. The second-order valence-electron chi connectivity index (χ2n) is 5.86. The highest BCUT2D eigenvalue weighted by Gasteiger charge is 2.38. The average Bonchev–Trinajstić information content (AvgIpc) is 2.96. The summed E-state index contributed by atoms with van der Waals surface area (Å²) in [7, 11) is 3.59. The van der Waals surface area contributed by atoms with Gasteiger partial charge in [-0.3, -0.25) is 4.79 Å². The fraction of sp³-hybridized carbons (Fsp3) is 0.857. The van der Waals surface area contributed by atoms with E-state index in [-0.39, 0.29) is 12.0 Å². The lowest BCUT2D eigenvalue weighted by Gasteiger charge is -2.28. The first-order valence-corrected chi connectivity index (χ1v) is 7.50. The van der Waals surface area contributed by atoms with Gasteiger partial charge >= 0.3 is 12.1 Å². The van der Waals surface area contributed by atoms with E-state index in [1.165, 1.54) is 12.8 Å². The van der Waals surface area contributed by atoms with Crippen molar-refractivity contribution in [3.8, 4) is 0 Å². The largest absolute Gasteiger partial charge is 0.490 e. The van der Waals surface area contributed by atoms with Crippen LogP contribution in [0, 0.1) is 5.92 Å². The normalized spacial score (nSPS) is 25.4. The van der Waals surface area contributed by atoms with Crippen LogP contribution in [0.5, 0.6) is 0 Å². The van der Waals surface area contributed by atoms with Gasteiger partial charge in [0.25, 0.3) is 5.91 Å². The molecule has 23 heavy (non-hydrogen) atoms. The van der Waals surface area contributed by atoms with Gasteiger partial charge < -0.3 is 20.1 Å². The Morgan fingerprint density at radius 2 is 1.65 bits per heavy atom. The lowest BCUT2D eigenvalue weighted by molar-refractivity contribution is -0.192. The third kappa shape index (κ3) is 6.34. The highest BCUT2D eigenvalue weighted by molar-refractivity contribution is 5.80. The summed E-state index contributed by atoms with van der Waals surface area (Å²) in [6, 6.07) is 0. The Kier molecular flexibility index (Phi) is 7.27. The van der Waals surface area contributed by atoms with E-state index >= 15 is 0 Å². The van der Waals surface area contributed by atoms with E-state index in [1.807, 2.05) is 0 Å². The van der Waals surface area contributed by atoms with Crippen LogP contribution in [0.1, 0.15) is 25.7 Å². The minimum Gasteiger partial charge on any atom is -0.475 e. The third-order valence-electron chi connectivity index (χ3n) is 3.92. The summed E-state index contributed by atoms with van der Waals surface area (Å²) in [6.07, 6.45) is -0.632. The standard InChI is InChI=1S/C12H22N2O2.C2HF3O2/c1-14(2)12(15)11-4-3-10(16-11)9-5-7-13-8-6-9;3-2(4,5)1(6)7/h9-11,13H,3-8H2,1-2H3;(H,6,7)/t10-,11+;/m1./s1. The van der Waals surface area contributed by atoms with Gasteiger partial charge in [0.15, 0.2) is 0 Å². The molecule has 0 aromatic rings. The maximum absolute atomic E-state index is 11.8. The molecule has 0 bridgehead atoms. The molecular formula is C14H23F3N2O4. The SMILES string of the molecule is CN(C)C(=O)[C@@H]1CC[C@H](C2CCNCC2)O1.O=C(O)C(F)(F)F. The number of aliphatic carboxylic acids is 1. The number of alkyl halides is 3. The Morgan fingerprint density at radius 3 is 2.09 bits per heavy atom. The molecule has 0 radical (unpaired) electrons. The highest BCUT2D eigenvalue weighted by Crippen LogP contribution is 2.30. The summed E-state index contributed by atoms with van der Waals surface area (Å²) in [5.74, 6) is -1.98. The van der Waals surface area contributed by atoms with Crippen LogP contribution in [0.25, 0.3) is 0 Å². The van der Waals surface area contributed by atoms with Crippen LogP contribution in [0.2, 0.25) is 0 Å². The van der Waals surface area contributed by atoms with Crippen LogP contribution in [0.4, 0.5) is 13.2 Å². The van der Waals surface area contributed by atoms with Crippen molar-refractivity contribution < 1.29 is 32.6 Å². The van der Waals surface area contributed by atoms with E-state index in [0.29, 0.717) is 12.0 Å². The van der Waals surface area contributed by atoms with Crippen LogP contribution in [0.15, 0.2) is 0 Å². The van der Waals surface area contributed by atoms with Crippen molar-refractivity contribution in [2.24, 2.45) is 5.92 Å². The number of halogens is 3. The molecule has 2 saturated heterocycles. The van der Waals surface area contributed by atoms with Crippen molar-refractivity contribution in [2.75, 3.05) is 27.2 Å². The van der Waals surface area contributed by atoms with Gasteiger partial charge in [0, 0.05) is 14.1 Å². The number of likely N-dealkylation sites (N-methyl/N-ethyl adjacent to an activating group) is 1. The topological polar surface area (TPSA) is 78.9 Å². The minimum absolute atomic E-state index is 0.122. The molecule has 2 N–H and O–H groups in total. The van der Waals surface area contributed by atoms with Crippen molar-refractivity contribution in [3.05, 3.63) is 0 Å². The summed E-state index contributed by atoms with van der Waals surface area (Å²) in [4.78, 5) is 22.3. The number of carbonyl (C=O) groups is 2. The maximum Gasteiger partial charge on any atom is 0.490 e. The van der Waals surface area contributed by atoms with E-state index in [9.17, 15) is 18.0 Å². The third-order valence-corrected chi connectivity index (χ3v) is 3.92. The lowest BCUT2D eigenvalue weighted by atomic mass is 9.91. The molecule has 2 rings (SSSR count). The number of nitrogens with one attached hydrogen (secondary N) is 1. The van der Waals surface area contributed by atoms with Crippen molar-refractivity contribution in [3.63, 3.8) is 0 Å². The van der Waals surface area contributed by atoms with Crippen LogP contribution in [-0.4, -0.2) is 67.5 Å². The molecule has 0 aromatic heterocycles. The first-order valence-electron chi connectivity index (χ1n) is 7.50. The van der Waals surface area contributed by atoms with Gasteiger partial charge in [-0.25, -0.2) is 4.79 Å². The highest BCUT2D eigenvalue weighted by atomic mass is 19.4. The van der Waals surface area contributed by atoms with Gasteiger partial charge in [0.2, 0.25) is 0 Å². The molecule has 2 atom stereocenters. The summed E-state index contributed by atoms with van der Waals surface area (Å²) in [5, 5.41) is 10.5. The molecule has 2 aliphatic heterocycles.